The number of methoxy groups -OCH3 is 1. The molecule has 2 rings (SSSR count). The smallest absolute Gasteiger partial charge is 0.213 e. The molecule has 94 valence electrons. The van der Waals surface area contributed by atoms with Crippen LogP contribution in [0.5, 0.6) is 5.88 Å². The van der Waals surface area contributed by atoms with Crippen molar-refractivity contribution < 1.29 is 4.74 Å². The summed E-state index contributed by atoms with van der Waals surface area (Å²) in [5.41, 5.74) is 2.33. The highest BCUT2D eigenvalue weighted by molar-refractivity contribution is 6.31. The Kier molecular flexibility index (Phi) is 3.70. The maximum atomic E-state index is 5.19. The van der Waals surface area contributed by atoms with Crippen molar-refractivity contribution in [1.82, 2.24) is 14.8 Å². The summed E-state index contributed by atoms with van der Waals surface area (Å²) < 4.78 is 7.19. The van der Waals surface area contributed by atoms with E-state index in [0.29, 0.717) is 11.8 Å². The van der Waals surface area contributed by atoms with Gasteiger partial charge in [0, 0.05) is 24.7 Å². The normalized spacial score (nSPS) is 12.7. The number of aromatic nitrogens is 3. The van der Waals surface area contributed by atoms with Gasteiger partial charge in [0.15, 0.2) is 0 Å². The molecule has 0 aliphatic heterocycles. The third-order valence-electron chi connectivity index (χ3n) is 2.96. The Hall–Kier alpha value is -1.78. The van der Waals surface area contributed by atoms with E-state index in [2.05, 4.69) is 30.1 Å². The first-order valence-corrected chi connectivity index (χ1v) is 6.12. The quantitative estimate of drug-likeness (QED) is 0.745. The standard InChI is InChI=1S/C13H18BN3O/c1-9(2)13(17-8-11(14)7-16-17)10-4-5-15-12(6-10)18-3/h4-9,13H,14H2,1-3H3. The van der Waals surface area contributed by atoms with Crippen LogP contribution in [-0.4, -0.2) is 29.7 Å². The van der Waals surface area contributed by atoms with Crippen LogP contribution in [0.2, 0.25) is 0 Å². The summed E-state index contributed by atoms with van der Waals surface area (Å²) in [6.07, 6.45) is 5.73. The first kappa shape index (κ1) is 12.7. The molecule has 2 aromatic heterocycles. The second kappa shape index (κ2) is 5.25. The molecule has 0 N–H and O–H groups in total. The van der Waals surface area contributed by atoms with Crippen LogP contribution in [0.4, 0.5) is 0 Å². The number of rotatable bonds is 4. The third-order valence-corrected chi connectivity index (χ3v) is 2.96. The van der Waals surface area contributed by atoms with Crippen LogP contribution in [0.3, 0.4) is 0 Å². The van der Waals surface area contributed by atoms with Gasteiger partial charge in [-0.05, 0) is 17.5 Å². The third kappa shape index (κ3) is 2.55. The Balaban J connectivity index is 2.41. The SMILES string of the molecule is Bc1cnn(C(c2ccnc(OC)c2)C(C)C)c1. The van der Waals surface area contributed by atoms with E-state index in [1.807, 2.05) is 30.9 Å². The fourth-order valence-corrected chi connectivity index (χ4v) is 2.15. The van der Waals surface area contributed by atoms with E-state index >= 15 is 0 Å². The zero-order valence-electron chi connectivity index (χ0n) is 11.3. The predicted molar refractivity (Wildman–Crippen MR) is 74.2 cm³/mol. The van der Waals surface area contributed by atoms with E-state index in [9.17, 15) is 0 Å². The molecule has 1 unspecified atom stereocenters. The Morgan fingerprint density at radius 2 is 2.17 bits per heavy atom. The Morgan fingerprint density at radius 1 is 1.39 bits per heavy atom. The zero-order valence-corrected chi connectivity index (χ0v) is 11.3. The highest BCUT2D eigenvalue weighted by Gasteiger charge is 2.19. The van der Waals surface area contributed by atoms with E-state index in [1.165, 1.54) is 11.0 Å². The van der Waals surface area contributed by atoms with Crippen LogP contribution in [0.1, 0.15) is 25.5 Å². The molecule has 0 fully saturated rings. The summed E-state index contributed by atoms with van der Waals surface area (Å²) >= 11 is 0. The van der Waals surface area contributed by atoms with Gasteiger partial charge in [-0.1, -0.05) is 19.3 Å². The fourth-order valence-electron chi connectivity index (χ4n) is 2.15. The maximum Gasteiger partial charge on any atom is 0.213 e. The average molecular weight is 243 g/mol. The van der Waals surface area contributed by atoms with Crippen LogP contribution in [0.15, 0.2) is 30.7 Å². The van der Waals surface area contributed by atoms with Crippen molar-refractivity contribution >= 4 is 13.3 Å². The van der Waals surface area contributed by atoms with Crippen molar-refractivity contribution in [3.05, 3.63) is 36.3 Å². The van der Waals surface area contributed by atoms with E-state index in [1.54, 1.807) is 13.3 Å². The fraction of sp³-hybridized carbons (Fsp3) is 0.385. The molecule has 0 amide bonds. The summed E-state index contributed by atoms with van der Waals surface area (Å²) in [6.45, 7) is 4.38. The van der Waals surface area contributed by atoms with Gasteiger partial charge in [0.2, 0.25) is 5.88 Å². The van der Waals surface area contributed by atoms with E-state index < -0.39 is 0 Å². The topological polar surface area (TPSA) is 39.9 Å². The summed E-state index contributed by atoms with van der Waals surface area (Å²) in [4.78, 5) is 4.15. The predicted octanol–water partition coefficient (Wildman–Crippen LogP) is 0.790. The molecule has 1 atom stereocenters. The van der Waals surface area contributed by atoms with E-state index in [0.717, 1.165) is 0 Å². The van der Waals surface area contributed by atoms with Gasteiger partial charge in [0.05, 0.1) is 13.2 Å². The van der Waals surface area contributed by atoms with Crippen molar-refractivity contribution in [3.63, 3.8) is 0 Å². The van der Waals surface area contributed by atoms with Crippen molar-refractivity contribution in [2.24, 2.45) is 5.92 Å². The Bertz CT molecular complexity index is 524. The minimum absolute atomic E-state index is 0.204. The van der Waals surface area contributed by atoms with Gasteiger partial charge in [-0.25, -0.2) is 4.98 Å². The minimum atomic E-state index is 0.204. The van der Waals surface area contributed by atoms with Gasteiger partial charge in [-0.15, -0.1) is 0 Å². The summed E-state index contributed by atoms with van der Waals surface area (Å²) in [7, 11) is 3.68. The summed E-state index contributed by atoms with van der Waals surface area (Å²) in [5.74, 6) is 1.08. The number of nitrogens with zero attached hydrogens (tertiary/aromatic N) is 3. The van der Waals surface area contributed by atoms with Gasteiger partial charge in [-0.2, -0.15) is 5.10 Å². The second-order valence-corrected chi connectivity index (χ2v) is 4.82. The number of hydrogen-bond acceptors (Lipinski definition) is 3. The molecule has 0 saturated carbocycles. The Labute approximate surface area is 108 Å². The molecule has 18 heavy (non-hydrogen) atoms. The van der Waals surface area contributed by atoms with Crippen molar-refractivity contribution in [2.75, 3.05) is 7.11 Å². The second-order valence-electron chi connectivity index (χ2n) is 4.82. The molecule has 2 heterocycles. The minimum Gasteiger partial charge on any atom is -0.481 e. The van der Waals surface area contributed by atoms with Crippen LogP contribution in [0.25, 0.3) is 0 Å². The van der Waals surface area contributed by atoms with Crippen molar-refractivity contribution in [3.8, 4) is 5.88 Å². The van der Waals surface area contributed by atoms with Crippen molar-refractivity contribution in [1.29, 1.82) is 0 Å². The van der Waals surface area contributed by atoms with Crippen molar-refractivity contribution in [2.45, 2.75) is 19.9 Å². The van der Waals surface area contributed by atoms with E-state index in [-0.39, 0.29) is 6.04 Å². The number of ether oxygens (including phenoxy) is 1. The lowest BCUT2D eigenvalue weighted by atomic mass is 9.96. The number of hydrogen-bond donors (Lipinski definition) is 0. The Morgan fingerprint density at radius 3 is 2.72 bits per heavy atom. The zero-order chi connectivity index (χ0) is 13.1. The summed E-state index contributed by atoms with van der Waals surface area (Å²) in [6, 6.07) is 4.20. The molecule has 0 spiro atoms. The molecule has 4 nitrogen and oxygen atoms in total. The van der Waals surface area contributed by atoms with Gasteiger partial charge in [0.1, 0.15) is 7.85 Å². The van der Waals surface area contributed by atoms with Crippen LogP contribution in [0, 0.1) is 5.92 Å². The maximum absolute atomic E-state index is 5.19. The first-order chi connectivity index (χ1) is 8.61. The lowest BCUT2D eigenvalue weighted by Gasteiger charge is -2.22. The lowest BCUT2D eigenvalue weighted by molar-refractivity contribution is 0.384. The van der Waals surface area contributed by atoms with E-state index in [4.69, 9.17) is 4.74 Å². The molecule has 0 aliphatic carbocycles. The van der Waals surface area contributed by atoms with Gasteiger partial charge in [0.25, 0.3) is 0 Å². The number of pyridine rings is 1. The van der Waals surface area contributed by atoms with Crippen LogP contribution in [-0.2, 0) is 0 Å². The highest BCUT2D eigenvalue weighted by atomic mass is 16.5. The molecule has 0 saturated heterocycles. The monoisotopic (exact) mass is 243 g/mol. The first-order valence-electron chi connectivity index (χ1n) is 6.12. The molecule has 0 bridgehead atoms. The molecular weight excluding hydrogens is 225 g/mol. The average Bonchev–Trinajstić information content (AvgIpc) is 2.75. The van der Waals surface area contributed by atoms with Gasteiger partial charge >= 0.3 is 0 Å². The van der Waals surface area contributed by atoms with Gasteiger partial charge < -0.3 is 4.74 Å². The molecule has 2 aromatic rings. The molecule has 0 radical (unpaired) electrons. The molecule has 0 aromatic carbocycles. The molecular formula is C13H18BN3O. The molecule has 5 heteroatoms. The van der Waals surface area contributed by atoms with Crippen LogP contribution >= 0.6 is 0 Å². The lowest BCUT2D eigenvalue weighted by Crippen LogP contribution is -2.18. The summed E-state index contributed by atoms with van der Waals surface area (Å²) in [5, 5.41) is 4.42. The van der Waals surface area contributed by atoms with Crippen LogP contribution < -0.4 is 10.2 Å². The largest absolute Gasteiger partial charge is 0.481 e. The highest BCUT2D eigenvalue weighted by Crippen LogP contribution is 2.26. The van der Waals surface area contributed by atoms with Gasteiger partial charge in [-0.3, -0.25) is 4.68 Å². The molecule has 0 aliphatic rings.